The molecule has 8 atom stereocenters. The van der Waals surface area contributed by atoms with Crippen LogP contribution in [0.25, 0.3) is 5.69 Å². The Hall–Kier alpha value is -3.10. The van der Waals surface area contributed by atoms with E-state index in [1.165, 1.54) is 18.4 Å². The minimum absolute atomic E-state index is 0.0828. The molecule has 2 aromatic rings. The molecule has 4 aliphatic carbocycles. The molecule has 2 aliphatic heterocycles. The summed E-state index contributed by atoms with van der Waals surface area (Å²) in [6.07, 6.45) is 1.32. The van der Waals surface area contributed by atoms with Gasteiger partial charge in [-0.3, -0.25) is 9.59 Å². The van der Waals surface area contributed by atoms with Gasteiger partial charge in [0, 0.05) is 24.7 Å². The quantitative estimate of drug-likeness (QED) is 0.588. The Morgan fingerprint density at radius 3 is 1.76 bits per heavy atom. The summed E-state index contributed by atoms with van der Waals surface area (Å²) in [5.74, 6) is 1.03. The Morgan fingerprint density at radius 1 is 0.818 bits per heavy atom. The molecule has 0 saturated heterocycles. The number of carbonyl (C=O) groups is 2. The summed E-state index contributed by atoms with van der Waals surface area (Å²) in [4.78, 5) is 50.2. The Balaban J connectivity index is 1.37. The molecule has 2 unspecified atom stereocenters. The normalized spacial score (nSPS) is 39.2. The minimum Gasteiger partial charge on any atom is -0.466 e. The van der Waals surface area contributed by atoms with Gasteiger partial charge >= 0.3 is 23.3 Å². The summed E-state index contributed by atoms with van der Waals surface area (Å²) in [6, 6.07) is 8.87. The molecule has 2 bridgehead atoms. The van der Waals surface area contributed by atoms with E-state index in [0.29, 0.717) is 55.4 Å². The van der Waals surface area contributed by atoms with Crippen LogP contribution < -0.4 is 11.4 Å². The summed E-state index contributed by atoms with van der Waals surface area (Å²) < 4.78 is 15.4. The van der Waals surface area contributed by atoms with Gasteiger partial charge in [0.25, 0.3) is 0 Å². The van der Waals surface area contributed by atoms with E-state index in [1.54, 1.807) is 21.5 Å². The second kappa shape index (κ2) is 5.87. The average molecular weight is 451 g/mol. The largest absolute Gasteiger partial charge is 0.466 e. The number of nitrogens with zero attached hydrogens (tertiary/aromatic N) is 3. The van der Waals surface area contributed by atoms with Gasteiger partial charge in [0.05, 0.1) is 31.0 Å². The first-order valence-electron chi connectivity index (χ1n) is 11.7. The van der Waals surface area contributed by atoms with Gasteiger partial charge < -0.3 is 9.47 Å². The zero-order valence-corrected chi connectivity index (χ0v) is 18.5. The first-order chi connectivity index (χ1) is 15.9. The summed E-state index contributed by atoms with van der Waals surface area (Å²) in [5.41, 5.74) is -0.414. The van der Waals surface area contributed by atoms with Crippen LogP contribution in [0.5, 0.6) is 0 Å². The second-order valence-corrected chi connectivity index (χ2v) is 10.3. The maximum Gasteiger partial charge on any atom is 0.352 e. The van der Waals surface area contributed by atoms with Crippen LogP contribution in [0.3, 0.4) is 0 Å². The van der Waals surface area contributed by atoms with Gasteiger partial charge in [-0.15, -0.1) is 0 Å². The SMILES string of the molecule is CC(=O)OCC[C@]12C3C4[C@@H]5[C@H]4[C@H](n4c(=O)n(-c6ccccc6)c(=O)n4[C@@H]51)[C@@]32CCOC(C)=O. The van der Waals surface area contributed by atoms with Crippen molar-refractivity contribution in [2.75, 3.05) is 13.2 Å². The van der Waals surface area contributed by atoms with Gasteiger partial charge in [-0.05, 0) is 48.6 Å². The Kier molecular flexibility index (Phi) is 3.45. The molecular formula is C24H25N3O6. The maximum atomic E-state index is 13.6. The molecule has 33 heavy (non-hydrogen) atoms. The van der Waals surface area contributed by atoms with Gasteiger partial charge in [-0.1, -0.05) is 18.2 Å². The molecular weight excluding hydrogens is 426 g/mol. The molecule has 0 amide bonds. The van der Waals surface area contributed by atoms with Crippen molar-refractivity contribution in [2.24, 2.45) is 34.5 Å². The molecule has 0 N–H and O–H groups in total. The molecule has 3 heterocycles. The number of rotatable bonds is 7. The van der Waals surface area contributed by atoms with Gasteiger partial charge in [0.15, 0.2) is 0 Å². The van der Waals surface area contributed by atoms with E-state index in [0.717, 1.165) is 0 Å². The van der Waals surface area contributed by atoms with Crippen LogP contribution in [0.2, 0.25) is 0 Å². The van der Waals surface area contributed by atoms with Crippen molar-refractivity contribution in [1.82, 2.24) is 13.9 Å². The fraction of sp³-hybridized carbons (Fsp3) is 0.583. The highest BCUT2D eigenvalue weighted by Crippen LogP contribution is 3.03. The molecule has 0 radical (unpaired) electrons. The summed E-state index contributed by atoms with van der Waals surface area (Å²) in [5, 5.41) is 0. The standard InChI is InChI=1S/C24H25N3O6/c1-12(28)32-10-8-23-18-15-16-17(15)20(24(18,23)9-11-33-13(2)29)27-22(31)25(14-6-4-3-5-7-14)21(30)26(27)19(16)23/h3-7,15-20H,8-11H2,1-2H3/t15?,16-,17+,18?,19-,20-,23+,24-/m0/s1. The average Bonchev–Trinajstić information content (AvgIpc) is 3.51. The zero-order chi connectivity index (χ0) is 22.9. The zero-order valence-electron chi connectivity index (χ0n) is 18.5. The number of benzene rings is 1. The highest BCUT2D eigenvalue weighted by atomic mass is 16.5. The van der Waals surface area contributed by atoms with Crippen molar-refractivity contribution < 1.29 is 19.1 Å². The number of esters is 2. The molecule has 1 aromatic heterocycles. The van der Waals surface area contributed by atoms with Crippen molar-refractivity contribution in [3.05, 3.63) is 51.3 Å². The van der Waals surface area contributed by atoms with Crippen molar-refractivity contribution in [3.8, 4) is 5.69 Å². The van der Waals surface area contributed by atoms with Crippen LogP contribution in [0.1, 0.15) is 38.8 Å². The van der Waals surface area contributed by atoms with Crippen LogP contribution in [-0.4, -0.2) is 39.1 Å². The van der Waals surface area contributed by atoms with E-state index >= 15 is 0 Å². The van der Waals surface area contributed by atoms with Crippen LogP contribution in [0.15, 0.2) is 39.9 Å². The van der Waals surface area contributed by atoms with Crippen LogP contribution in [0.4, 0.5) is 0 Å². The highest BCUT2D eigenvalue weighted by molar-refractivity contribution is 5.66. The topological polar surface area (TPSA) is 102 Å². The van der Waals surface area contributed by atoms with E-state index in [2.05, 4.69) is 0 Å². The number of ether oxygens (including phenoxy) is 2. The minimum atomic E-state index is -0.318. The van der Waals surface area contributed by atoms with E-state index in [4.69, 9.17) is 9.47 Å². The lowest BCUT2D eigenvalue weighted by Crippen LogP contribution is -2.53. The number of para-hydroxylation sites is 1. The fourth-order valence-electron chi connectivity index (χ4n) is 8.99. The number of aromatic nitrogens is 3. The van der Waals surface area contributed by atoms with E-state index < -0.39 is 0 Å². The second-order valence-electron chi connectivity index (χ2n) is 10.3. The molecule has 172 valence electrons. The number of hydrogen-bond donors (Lipinski definition) is 0. The fourth-order valence-corrected chi connectivity index (χ4v) is 8.99. The summed E-state index contributed by atoms with van der Waals surface area (Å²) in [6.45, 7) is 3.40. The van der Waals surface area contributed by atoms with Crippen molar-refractivity contribution in [2.45, 2.75) is 38.8 Å². The van der Waals surface area contributed by atoms with Crippen molar-refractivity contribution >= 4 is 11.9 Å². The third-order valence-corrected chi connectivity index (χ3v) is 9.45. The molecule has 4 saturated carbocycles. The van der Waals surface area contributed by atoms with Gasteiger partial charge in [0.2, 0.25) is 0 Å². The first-order valence-corrected chi connectivity index (χ1v) is 11.7. The van der Waals surface area contributed by atoms with E-state index in [1.807, 2.05) is 18.2 Å². The van der Waals surface area contributed by atoms with E-state index in [9.17, 15) is 19.2 Å². The van der Waals surface area contributed by atoms with Gasteiger partial charge in [-0.2, -0.15) is 0 Å². The lowest BCUT2D eigenvalue weighted by molar-refractivity contribution is -0.144. The molecule has 1 aromatic carbocycles. The van der Waals surface area contributed by atoms with Crippen LogP contribution in [-0.2, 0) is 19.1 Å². The molecule has 4 fully saturated rings. The number of hydrogen-bond acceptors (Lipinski definition) is 6. The molecule has 6 aliphatic rings. The Bertz CT molecular complexity index is 1260. The Labute approximate surface area is 188 Å². The predicted molar refractivity (Wildman–Crippen MR) is 114 cm³/mol. The highest BCUT2D eigenvalue weighted by Gasteiger charge is 3.02. The first kappa shape index (κ1) is 19.4. The predicted octanol–water partition coefficient (Wildman–Crippen LogP) is 1.29. The lowest BCUT2D eigenvalue weighted by atomic mass is 9.68. The van der Waals surface area contributed by atoms with Gasteiger partial charge in [0.1, 0.15) is 0 Å². The van der Waals surface area contributed by atoms with Crippen LogP contribution in [0, 0.1) is 34.5 Å². The van der Waals surface area contributed by atoms with Crippen molar-refractivity contribution in [1.29, 1.82) is 0 Å². The Morgan fingerprint density at radius 2 is 1.30 bits per heavy atom. The van der Waals surface area contributed by atoms with Crippen molar-refractivity contribution in [3.63, 3.8) is 0 Å². The smallest absolute Gasteiger partial charge is 0.352 e. The van der Waals surface area contributed by atoms with Crippen LogP contribution >= 0.6 is 0 Å². The monoisotopic (exact) mass is 451 g/mol. The summed E-state index contributed by atoms with van der Waals surface area (Å²) in [7, 11) is 0. The van der Waals surface area contributed by atoms with Gasteiger partial charge in [-0.25, -0.2) is 23.5 Å². The molecule has 9 heteroatoms. The molecule has 9 nitrogen and oxygen atoms in total. The molecule has 8 rings (SSSR count). The maximum absolute atomic E-state index is 13.6. The lowest BCUT2D eigenvalue weighted by Gasteiger charge is -2.48. The third-order valence-electron chi connectivity index (χ3n) is 9.45. The summed E-state index contributed by atoms with van der Waals surface area (Å²) >= 11 is 0. The third kappa shape index (κ3) is 1.94. The number of carbonyl (C=O) groups excluding carboxylic acids is 2. The molecule has 0 spiro atoms. The van der Waals surface area contributed by atoms with E-state index in [-0.39, 0.29) is 46.2 Å².